The molecule has 0 fully saturated rings. The van der Waals surface area contributed by atoms with Crippen LogP contribution in [-0.2, 0) is 7.05 Å². The van der Waals surface area contributed by atoms with E-state index < -0.39 is 5.97 Å². The zero-order valence-corrected chi connectivity index (χ0v) is 9.93. The second-order valence-electron chi connectivity index (χ2n) is 3.90. The lowest BCUT2D eigenvalue weighted by molar-refractivity contribution is 0.0697. The number of pyridine rings is 1. The van der Waals surface area contributed by atoms with Crippen LogP contribution in [0.1, 0.15) is 21.7 Å². The predicted octanol–water partition coefficient (Wildman–Crippen LogP) is 1.80. The molecule has 5 heteroatoms. The molecule has 0 spiro atoms. The predicted molar refractivity (Wildman–Crippen MR) is 62.9 cm³/mol. The van der Waals surface area contributed by atoms with Crippen molar-refractivity contribution in [3.05, 3.63) is 35.3 Å². The van der Waals surface area contributed by atoms with E-state index in [1.165, 1.54) is 12.3 Å². The van der Waals surface area contributed by atoms with Crippen molar-refractivity contribution in [1.82, 2.24) is 14.8 Å². The van der Waals surface area contributed by atoms with Crippen LogP contribution in [0.2, 0.25) is 0 Å². The van der Waals surface area contributed by atoms with Gasteiger partial charge in [-0.3, -0.25) is 9.67 Å². The molecule has 0 saturated carbocycles. The first-order chi connectivity index (χ1) is 8.00. The Bertz CT molecular complexity index is 587. The summed E-state index contributed by atoms with van der Waals surface area (Å²) in [6, 6.07) is 3.05. The number of aromatic carboxylic acids is 1. The lowest BCUT2D eigenvalue weighted by Gasteiger charge is -2.02. The molecule has 0 unspecified atom stereocenters. The fraction of sp³-hybridized carbons (Fsp3) is 0.250. The molecule has 0 bridgehead atoms. The Balaban J connectivity index is 2.60. The molecule has 0 radical (unpaired) electrons. The normalized spacial score (nSPS) is 10.5. The molecule has 1 N–H and O–H groups in total. The third kappa shape index (κ3) is 1.91. The topological polar surface area (TPSA) is 68.0 Å². The van der Waals surface area contributed by atoms with Crippen molar-refractivity contribution in [1.29, 1.82) is 0 Å². The first kappa shape index (κ1) is 11.3. The fourth-order valence-corrected chi connectivity index (χ4v) is 1.84. The molecule has 0 aromatic carbocycles. The Labute approximate surface area is 98.7 Å². The van der Waals surface area contributed by atoms with E-state index >= 15 is 0 Å². The number of rotatable bonds is 2. The largest absolute Gasteiger partial charge is 0.478 e. The van der Waals surface area contributed by atoms with Gasteiger partial charge in [0.1, 0.15) is 0 Å². The van der Waals surface area contributed by atoms with Crippen LogP contribution in [0, 0.1) is 13.8 Å². The number of carboxylic acid groups (broad SMARTS) is 1. The number of aryl methyl sites for hydroxylation is 2. The van der Waals surface area contributed by atoms with Crippen molar-refractivity contribution in [2.75, 3.05) is 0 Å². The van der Waals surface area contributed by atoms with Gasteiger partial charge in [-0.15, -0.1) is 0 Å². The first-order valence-electron chi connectivity index (χ1n) is 5.20. The molecule has 88 valence electrons. The van der Waals surface area contributed by atoms with Crippen molar-refractivity contribution in [3.8, 4) is 11.3 Å². The van der Waals surface area contributed by atoms with E-state index in [1.54, 1.807) is 10.7 Å². The zero-order chi connectivity index (χ0) is 12.6. The van der Waals surface area contributed by atoms with Gasteiger partial charge in [-0.1, -0.05) is 0 Å². The first-order valence-corrected chi connectivity index (χ1v) is 5.20. The second-order valence-corrected chi connectivity index (χ2v) is 3.90. The van der Waals surface area contributed by atoms with E-state index in [9.17, 15) is 4.79 Å². The van der Waals surface area contributed by atoms with Crippen LogP contribution in [0.5, 0.6) is 0 Å². The lowest BCUT2D eigenvalue weighted by Crippen LogP contribution is -1.98. The Morgan fingerprint density at radius 1 is 1.41 bits per heavy atom. The highest BCUT2D eigenvalue weighted by Crippen LogP contribution is 2.25. The highest BCUT2D eigenvalue weighted by atomic mass is 16.4. The number of hydrogen-bond acceptors (Lipinski definition) is 3. The highest BCUT2D eigenvalue weighted by Gasteiger charge is 2.14. The number of nitrogens with zero attached hydrogens (tertiary/aromatic N) is 3. The Morgan fingerprint density at radius 2 is 2.12 bits per heavy atom. The van der Waals surface area contributed by atoms with E-state index in [0.29, 0.717) is 5.69 Å². The van der Waals surface area contributed by atoms with Crippen LogP contribution in [0.15, 0.2) is 18.3 Å². The molecule has 0 amide bonds. The average Bonchev–Trinajstić information content (AvgIpc) is 2.53. The summed E-state index contributed by atoms with van der Waals surface area (Å²) in [5.74, 6) is -0.951. The average molecular weight is 231 g/mol. The maximum Gasteiger partial charge on any atom is 0.335 e. The number of hydrogen-bond donors (Lipinski definition) is 1. The SMILES string of the molecule is Cc1nn(C)c(C)c1-c1cc(C(=O)O)ccn1. The van der Waals surface area contributed by atoms with E-state index in [4.69, 9.17) is 5.11 Å². The van der Waals surface area contributed by atoms with E-state index in [-0.39, 0.29) is 5.56 Å². The molecule has 0 aliphatic rings. The van der Waals surface area contributed by atoms with Gasteiger partial charge in [-0.2, -0.15) is 5.10 Å². The molecule has 0 saturated heterocycles. The van der Waals surface area contributed by atoms with Crippen LogP contribution < -0.4 is 0 Å². The maximum atomic E-state index is 10.9. The summed E-state index contributed by atoms with van der Waals surface area (Å²) in [5.41, 5.74) is 3.60. The van der Waals surface area contributed by atoms with Crippen molar-refractivity contribution < 1.29 is 9.90 Å². The summed E-state index contributed by atoms with van der Waals surface area (Å²) in [6.07, 6.45) is 1.50. The molecule has 0 aliphatic heterocycles. The van der Waals surface area contributed by atoms with Gasteiger partial charge in [0.05, 0.1) is 17.0 Å². The molecule has 2 aromatic rings. The highest BCUT2D eigenvalue weighted by molar-refractivity contribution is 5.89. The van der Waals surface area contributed by atoms with Crippen LogP contribution >= 0.6 is 0 Å². The van der Waals surface area contributed by atoms with Crippen LogP contribution in [0.25, 0.3) is 11.3 Å². The Morgan fingerprint density at radius 3 is 2.65 bits per heavy atom. The molecule has 17 heavy (non-hydrogen) atoms. The molecule has 5 nitrogen and oxygen atoms in total. The molecule has 2 heterocycles. The van der Waals surface area contributed by atoms with Gasteiger partial charge < -0.3 is 5.11 Å². The summed E-state index contributed by atoms with van der Waals surface area (Å²) in [6.45, 7) is 3.82. The van der Waals surface area contributed by atoms with Crippen LogP contribution in [0.4, 0.5) is 0 Å². The zero-order valence-electron chi connectivity index (χ0n) is 9.93. The minimum absolute atomic E-state index is 0.234. The fourth-order valence-electron chi connectivity index (χ4n) is 1.84. The van der Waals surface area contributed by atoms with Crippen LogP contribution in [-0.4, -0.2) is 25.8 Å². The molecule has 0 aliphatic carbocycles. The van der Waals surface area contributed by atoms with E-state index in [0.717, 1.165) is 17.0 Å². The third-order valence-electron chi connectivity index (χ3n) is 2.77. The van der Waals surface area contributed by atoms with Crippen molar-refractivity contribution in [2.24, 2.45) is 7.05 Å². The number of carbonyl (C=O) groups is 1. The Kier molecular flexibility index (Phi) is 2.67. The molecular formula is C12H13N3O2. The summed E-state index contributed by atoms with van der Waals surface area (Å²) >= 11 is 0. The minimum atomic E-state index is -0.951. The van der Waals surface area contributed by atoms with E-state index in [2.05, 4.69) is 10.1 Å². The van der Waals surface area contributed by atoms with Crippen molar-refractivity contribution in [2.45, 2.75) is 13.8 Å². The summed E-state index contributed by atoms with van der Waals surface area (Å²) in [5, 5.41) is 13.2. The number of aromatic nitrogens is 3. The Hall–Kier alpha value is -2.17. The lowest BCUT2D eigenvalue weighted by atomic mass is 10.1. The molecule has 0 atom stereocenters. The van der Waals surface area contributed by atoms with Gasteiger partial charge in [-0.25, -0.2) is 4.79 Å². The quantitative estimate of drug-likeness (QED) is 0.855. The monoisotopic (exact) mass is 231 g/mol. The van der Waals surface area contributed by atoms with Gasteiger partial charge >= 0.3 is 5.97 Å². The molecule has 2 rings (SSSR count). The number of carboxylic acids is 1. The van der Waals surface area contributed by atoms with Gasteiger partial charge in [0.15, 0.2) is 0 Å². The van der Waals surface area contributed by atoms with Gasteiger partial charge in [0.25, 0.3) is 0 Å². The van der Waals surface area contributed by atoms with Crippen molar-refractivity contribution in [3.63, 3.8) is 0 Å². The summed E-state index contributed by atoms with van der Waals surface area (Å²) < 4.78 is 1.76. The van der Waals surface area contributed by atoms with Crippen molar-refractivity contribution >= 4 is 5.97 Å². The van der Waals surface area contributed by atoms with Gasteiger partial charge in [0.2, 0.25) is 0 Å². The van der Waals surface area contributed by atoms with E-state index in [1.807, 2.05) is 20.9 Å². The standard InChI is InChI=1S/C12H13N3O2/c1-7-11(8(2)15(3)14-7)10-6-9(12(16)17)4-5-13-10/h4-6H,1-3H3,(H,16,17). The second kappa shape index (κ2) is 4.01. The van der Waals surface area contributed by atoms with Gasteiger partial charge in [-0.05, 0) is 26.0 Å². The summed E-state index contributed by atoms with van der Waals surface area (Å²) in [4.78, 5) is 15.1. The molecular weight excluding hydrogens is 218 g/mol. The van der Waals surface area contributed by atoms with Gasteiger partial charge in [0, 0.05) is 24.5 Å². The minimum Gasteiger partial charge on any atom is -0.478 e. The third-order valence-corrected chi connectivity index (χ3v) is 2.77. The van der Waals surface area contributed by atoms with Crippen LogP contribution in [0.3, 0.4) is 0 Å². The smallest absolute Gasteiger partial charge is 0.335 e. The maximum absolute atomic E-state index is 10.9. The molecule has 2 aromatic heterocycles. The summed E-state index contributed by atoms with van der Waals surface area (Å²) in [7, 11) is 1.85.